The fourth-order valence-electron chi connectivity index (χ4n) is 5.33. The van der Waals surface area contributed by atoms with Gasteiger partial charge in [0, 0.05) is 36.7 Å². The third-order valence-corrected chi connectivity index (χ3v) is 7.23. The average molecular weight is 484 g/mol. The summed E-state index contributed by atoms with van der Waals surface area (Å²) < 4.78 is 11.1. The zero-order chi connectivity index (χ0) is 25.2. The Morgan fingerprint density at radius 2 is 1.81 bits per heavy atom. The highest BCUT2D eigenvalue weighted by Crippen LogP contribution is 2.39. The molecule has 186 valence electrons. The third-order valence-electron chi connectivity index (χ3n) is 7.23. The van der Waals surface area contributed by atoms with Gasteiger partial charge in [-0.25, -0.2) is 5.01 Å². The topological polar surface area (TPSA) is 54.4 Å². The van der Waals surface area contributed by atoms with Crippen molar-refractivity contribution in [2.75, 3.05) is 27.3 Å². The second kappa shape index (κ2) is 10.2. The molecule has 1 amide bonds. The summed E-state index contributed by atoms with van der Waals surface area (Å²) >= 11 is 0. The lowest BCUT2D eigenvalue weighted by molar-refractivity contribution is -0.134. The maximum absolute atomic E-state index is 13.8. The molecule has 6 heteroatoms. The molecule has 2 aliphatic heterocycles. The van der Waals surface area contributed by atoms with Gasteiger partial charge < -0.3 is 9.47 Å². The van der Waals surface area contributed by atoms with Crippen molar-refractivity contribution in [3.05, 3.63) is 94.0 Å². The van der Waals surface area contributed by atoms with Gasteiger partial charge in [-0.2, -0.15) is 5.10 Å². The SMILES string of the molecule is COc1ccc(C2CC(c3ccc(C)cc3C)=NN2C(=O)CN2CCc3ccccc3C2)c(OC)c1. The molecule has 0 spiro atoms. The maximum Gasteiger partial charge on any atom is 0.257 e. The number of hydrogen-bond donors (Lipinski definition) is 0. The van der Waals surface area contributed by atoms with Gasteiger partial charge in [-0.05, 0) is 49.1 Å². The van der Waals surface area contributed by atoms with E-state index in [0.29, 0.717) is 24.5 Å². The number of rotatable bonds is 6. The van der Waals surface area contributed by atoms with E-state index in [1.807, 2.05) is 18.2 Å². The summed E-state index contributed by atoms with van der Waals surface area (Å²) in [6, 6.07) is 20.4. The number of methoxy groups -OCH3 is 2. The molecule has 1 unspecified atom stereocenters. The second-order valence-corrected chi connectivity index (χ2v) is 9.66. The zero-order valence-corrected chi connectivity index (χ0v) is 21.5. The number of aryl methyl sites for hydroxylation is 2. The number of carbonyl (C=O) groups excluding carboxylic acids is 1. The molecule has 5 rings (SSSR count). The first-order valence-corrected chi connectivity index (χ1v) is 12.4. The van der Waals surface area contributed by atoms with E-state index in [-0.39, 0.29) is 11.9 Å². The van der Waals surface area contributed by atoms with Gasteiger partial charge in [0.1, 0.15) is 11.5 Å². The van der Waals surface area contributed by atoms with Crippen molar-refractivity contribution in [1.29, 1.82) is 0 Å². The summed E-state index contributed by atoms with van der Waals surface area (Å²) in [5.74, 6) is 1.41. The van der Waals surface area contributed by atoms with Crippen LogP contribution in [0.3, 0.4) is 0 Å². The Bertz CT molecular complexity index is 1320. The number of ether oxygens (including phenoxy) is 2. The van der Waals surface area contributed by atoms with Gasteiger partial charge in [0.2, 0.25) is 0 Å². The molecular weight excluding hydrogens is 450 g/mol. The zero-order valence-electron chi connectivity index (χ0n) is 21.5. The van der Waals surface area contributed by atoms with Crippen molar-refractivity contribution in [1.82, 2.24) is 9.91 Å². The van der Waals surface area contributed by atoms with Gasteiger partial charge in [0.15, 0.2) is 0 Å². The third kappa shape index (κ3) is 4.73. The predicted molar refractivity (Wildman–Crippen MR) is 142 cm³/mol. The summed E-state index contributed by atoms with van der Waals surface area (Å²) in [5.41, 5.74) is 7.98. The molecule has 0 N–H and O–H groups in total. The Labute approximate surface area is 213 Å². The van der Waals surface area contributed by atoms with Crippen LogP contribution in [0.1, 0.15) is 45.8 Å². The molecule has 36 heavy (non-hydrogen) atoms. The first-order valence-electron chi connectivity index (χ1n) is 12.4. The van der Waals surface area contributed by atoms with Gasteiger partial charge in [0.25, 0.3) is 5.91 Å². The molecule has 0 aromatic heterocycles. The molecule has 2 heterocycles. The summed E-state index contributed by atoms with van der Waals surface area (Å²) in [7, 11) is 3.29. The van der Waals surface area contributed by atoms with Crippen LogP contribution >= 0.6 is 0 Å². The van der Waals surface area contributed by atoms with Gasteiger partial charge >= 0.3 is 0 Å². The molecule has 6 nitrogen and oxygen atoms in total. The summed E-state index contributed by atoms with van der Waals surface area (Å²) in [6.07, 6.45) is 1.58. The van der Waals surface area contributed by atoms with Crippen molar-refractivity contribution in [3.8, 4) is 11.5 Å². The van der Waals surface area contributed by atoms with E-state index in [1.165, 1.54) is 16.7 Å². The number of fused-ring (bicyclic) bond motifs is 1. The Kier molecular flexibility index (Phi) is 6.79. The molecule has 0 saturated carbocycles. The number of hydrazone groups is 1. The van der Waals surface area contributed by atoms with E-state index in [0.717, 1.165) is 41.9 Å². The normalized spacial score (nSPS) is 17.5. The van der Waals surface area contributed by atoms with Crippen LogP contribution in [-0.2, 0) is 17.8 Å². The second-order valence-electron chi connectivity index (χ2n) is 9.66. The van der Waals surface area contributed by atoms with E-state index in [2.05, 4.69) is 61.2 Å². The lowest BCUT2D eigenvalue weighted by atomic mass is 9.94. The number of amides is 1. The minimum Gasteiger partial charge on any atom is -0.497 e. The van der Waals surface area contributed by atoms with Crippen LogP contribution in [0, 0.1) is 13.8 Å². The van der Waals surface area contributed by atoms with Gasteiger partial charge in [-0.15, -0.1) is 0 Å². The number of hydrogen-bond acceptors (Lipinski definition) is 5. The molecule has 1 atom stereocenters. The molecule has 2 aliphatic rings. The van der Waals surface area contributed by atoms with Crippen LogP contribution in [0.25, 0.3) is 0 Å². The maximum atomic E-state index is 13.8. The Morgan fingerprint density at radius 1 is 1.00 bits per heavy atom. The highest BCUT2D eigenvalue weighted by molar-refractivity contribution is 6.04. The van der Waals surface area contributed by atoms with E-state index in [4.69, 9.17) is 14.6 Å². The molecular formula is C30H33N3O3. The van der Waals surface area contributed by atoms with Crippen LogP contribution < -0.4 is 9.47 Å². The summed E-state index contributed by atoms with van der Waals surface area (Å²) in [5, 5.41) is 6.60. The van der Waals surface area contributed by atoms with Crippen LogP contribution in [0.5, 0.6) is 11.5 Å². The van der Waals surface area contributed by atoms with Crippen LogP contribution in [0.4, 0.5) is 0 Å². The largest absolute Gasteiger partial charge is 0.497 e. The smallest absolute Gasteiger partial charge is 0.257 e. The van der Waals surface area contributed by atoms with Crippen molar-refractivity contribution in [2.45, 2.75) is 39.3 Å². The molecule has 0 fully saturated rings. The van der Waals surface area contributed by atoms with Gasteiger partial charge in [-0.3, -0.25) is 9.69 Å². The predicted octanol–water partition coefficient (Wildman–Crippen LogP) is 5.06. The van der Waals surface area contributed by atoms with Gasteiger partial charge in [-0.1, -0.05) is 48.0 Å². The Balaban J connectivity index is 1.46. The number of nitrogens with zero attached hydrogens (tertiary/aromatic N) is 3. The monoisotopic (exact) mass is 483 g/mol. The van der Waals surface area contributed by atoms with Crippen molar-refractivity contribution in [2.24, 2.45) is 5.10 Å². The highest BCUT2D eigenvalue weighted by atomic mass is 16.5. The first-order chi connectivity index (χ1) is 17.5. The average Bonchev–Trinajstić information content (AvgIpc) is 3.33. The van der Waals surface area contributed by atoms with Gasteiger partial charge in [0.05, 0.1) is 32.5 Å². The lowest BCUT2D eigenvalue weighted by Crippen LogP contribution is -2.40. The Morgan fingerprint density at radius 3 is 2.56 bits per heavy atom. The minimum absolute atomic E-state index is 0.00276. The molecule has 3 aromatic rings. The van der Waals surface area contributed by atoms with Crippen molar-refractivity contribution >= 4 is 11.6 Å². The summed E-state index contributed by atoms with van der Waals surface area (Å²) in [6.45, 7) is 6.15. The fourth-order valence-corrected chi connectivity index (χ4v) is 5.33. The van der Waals surface area contributed by atoms with Crippen molar-refractivity contribution < 1.29 is 14.3 Å². The fraction of sp³-hybridized carbons (Fsp3) is 0.333. The minimum atomic E-state index is -0.244. The molecule has 0 radical (unpaired) electrons. The first kappa shape index (κ1) is 24.1. The molecule has 0 aliphatic carbocycles. The molecule has 0 saturated heterocycles. The van der Waals surface area contributed by atoms with E-state index < -0.39 is 0 Å². The van der Waals surface area contributed by atoms with Crippen LogP contribution in [0.15, 0.2) is 65.8 Å². The molecule has 0 bridgehead atoms. The van der Waals surface area contributed by atoms with E-state index >= 15 is 0 Å². The van der Waals surface area contributed by atoms with Crippen LogP contribution in [0.2, 0.25) is 0 Å². The van der Waals surface area contributed by atoms with E-state index in [1.54, 1.807) is 19.2 Å². The lowest BCUT2D eigenvalue weighted by Gasteiger charge is -2.30. The summed E-state index contributed by atoms with van der Waals surface area (Å²) in [4.78, 5) is 16.0. The molecule has 3 aromatic carbocycles. The standard InChI is InChI=1S/C30H33N3O3/c1-20-9-11-25(21(2)15-20)27-17-28(26-12-10-24(35-3)16-29(26)36-4)33(31-27)30(34)19-32-14-13-22-7-5-6-8-23(22)18-32/h5-12,15-16,28H,13-14,17-19H2,1-4H3. The Hall–Kier alpha value is -3.64. The number of carbonyl (C=O) groups is 1. The van der Waals surface area contributed by atoms with Crippen LogP contribution in [-0.4, -0.2) is 48.8 Å². The quantitative estimate of drug-likeness (QED) is 0.492. The number of benzene rings is 3. The van der Waals surface area contributed by atoms with Crippen molar-refractivity contribution in [3.63, 3.8) is 0 Å². The van der Waals surface area contributed by atoms with E-state index in [9.17, 15) is 4.79 Å². The highest BCUT2D eigenvalue weighted by Gasteiger charge is 2.36.